The van der Waals surface area contributed by atoms with Gasteiger partial charge >= 0.3 is 0 Å². The lowest BCUT2D eigenvalue weighted by Gasteiger charge is -2.33. The van der Waals surface area contributed by atoms with Crippen molar-refractivity contribution in [1.82, 2.24) is 25.0 Å². The first-order valence-corrected chi connectivity index (χ1v) is 9.63. The summed E-state index contributed by atoms with van der Waals surface area (Å²) in [5.41, 5.74) is 3.24. The van der Waals surface area contributed by atoms with Gasteiger partial charge in [0.1, 0.15) is 0 Å². The number of hydrogen-bond donors (Lipinski definition) is 1. The molecule has 5 rings (SSSR count). The first kappa shape index (κ1) is 16.4. The van der Waals surface area contributed by atoms with Crippen molar-refractivity contribution in [2.75, 3.05) is 6.54 Å². The lowest BCUT2D eigenvalue weighted by Crippen LogP contribution is -2.40. The zero-order chi connectivity index (χ0) is 18.2. The number of hydrogen-bond acceptors (Lipinski definition) is 4. The van der Waals surface area contributed by atoms with Gasteiger partial charge in [-0.25, -0.2) is 0 Å². The number of aromatic nitrogens is 3. The van der Waals surface area contributed by atoms with Gasteiger partial charge in [0.2, 0.25) is 5.91 Å². The fourth-order valence-electron chi connectivity index (χ4n) is 3.89. The summed E-state index contributed by atoms with van der Waals surface area (Å²) in [7, 11) is 0. The van der Waals surface area contributed by atoms with E-state index in [0.29, 0.717) is 12.5 Å². The van der Waals surface area contributed by atoms with Gasteiger partial charge < -0.3 is 5.32 Å². The summed E-state index contributed by atoms with van der Waals surface area (Å²) < 4.78 is 2.02. The maximum absolute atomic E-state index is 12.3. The van der Waals surface area contributed by atoms with Crippen molar-refractivity contribution in [3.05, 3.63) is 60.0 Å². The molecule has 1 saturated carbocycles. The van der Waals surface area contributed by atoms with Crippen LogP contribution in [-0.2, 0) is 17.9 Å². The molecule has 1 amide bonds. The quantitative estimate of drug-likeness (QED) is 0.759. The van der Waals surface area contributed by atoms with Crippen molar-refractivity contribution in [3.8, 4) is 0 Å². The number of carbonyl (C=O) groups excluding carboxylic acids is 1. The lowest BCUT2D eigenvalue weighted by molar-refractivity contribution is -0.122. The number of amides is 1. The van der Waals surface area contributed by atoms with Crippen LogP contribution in [0.5, 0.6) is 0 Å². The number of nitrogens with one attached hydrogen (secondary N) is 1. The van der Waals surface area contributed by atoms with Gasteiger partial charge in [0.05, 0.1) is 29.4 Å². The average Bonchev–Trinajstić information content (AvgIpc) is 3.34. The molecule has 0 radical (unpaired) electrons. The average molecular weight is 361 g/mol. The van der Waals surface area contributed by atoms with Crippen LogP contribution in [0.4, 0.5) is 0 Å². The standard InChI is InChI=1S/C21H23N5O/c27-21(24-16-7-8-16)11-19-14-25(13-18-9-10-22-26(18)19)12-17-6-5-15-3-1-2-4-20(15)23-17/h1-6,9-10,16,19H,7-8,11-14H2,(H,24,27)/t19-/m1/s1. The van der Waals surface area contributed by atoms with Crippen LogP contribution < -0.4 is 5.32 Å². The van der Waals surface area contributed by atoms with Crippen molar-refractivity contribution in [3.63, 3.8) is 0 Å². The molecule has 6 heteroatoms. The van der Waals surface area contributed by atoms with E-state index in [1.807, 2.05) is 29.1 Å². The Kier molecular flexibility index (Phi) is 4.13. The van der Waals surface area contributed by atoms with Crippen molar-refractivity contribution in [2.24, 2.45) is 0 Å². The van der Waals surface area contributed by atoms with E-state index in [4.69, 9.17) is 4.98 Å². The molecule has 6 nitrogen and oxygen atoms in total. The molecule has 27 heavy (non-hydrogen) atoms. The number of rotatable bonds is 5. The highest BCUT2D eigenvalue weighted by Crippen LogP contribution is 2.25. The molecule has 0 saturated heterocycles. The first-order valence-electron chi connectivity index (χ1n) is 9.63. The van der Waals surface area contributed by atoms with Gasteiger partial charge in [0.25, 0.3) is 0 Å². The molecule has 0 unspecified atom stereocenters. The minimum Gasteiger partial charge on any atom is -0.353 e. The second-order valence-electron chi connectivity index (χ2n) is 7.63. The molecule has 1 atom stereocenters. The van der Waals surface area contributed by atoms with Crippen LogP contribution in [0.15, 0.2) is 48.7 Å². The second-order valence-corrected chi connectivity index (χ2v) is 7.63. The zero-order valence-corrected chi connectivity index (χ0v) is 15.2. The molecule has 3 heterocycles. The molecule has 2 aromatic heterocycles. The zero-order valence-electron chi connectivity index (χ0n) is 15.2. The van der Waals surface area contributed by atoms with Crippen molar-refractivity contribution in [2.45, 2.75) is 44.4 Å². The molecule has 1 aromatic carbocycles. The Morgan fingerprint density at radius 3 is 2.93 bits per heavy atom. The third-order valence-electron chi connectivity index (χ3n) is 5.36. The number of nitrogens with zero attached hydrogens (tertiary/aromatic N) is 4. The number of fused-ring (bicyclic) bond motifs is 2. The van der Waals surface area contributed by atoms with Gasteiger partial charge in [-0.15, -0.1) is 0 Å². The predicted molar refractivity (Wildman–Crippen MR) is 103 cm³/mol. The SMILES string of the molecule is O=C(C[C@@H]1CN(Cc2ccc3ccccc3n2)Cc2ccnn21)NC1CC1. The van der Waals surface area contributed by atoms with E-state index in [2.05, 4.69) is 39.6 Å². The van der Waals surface area contributed by atoms with Gasteiger partial charge in [-0.3, -0.25) is 19.4 Å². The normalized spacial score (nSPS) is 19.8. The van der Waals surface area contributed by atoms with E-state index in [1.165, 1.54) is 0 Å². The van der Waals surface area contributed by atoms with Crippen LogP contribution in [0, 0.1) is 0 Å². The van der Waals surface area contributed by atoms with Crippen LogP contribution in [0.2, 0.25) is 0 Å². The predicted octanol–water partition coefficient (Wildman–Crippen LogP) is 2.66. The molecular formula is C21H23N5O. The van der Waals surface area contributed by atoms with E-state index in [9.17, 15) is 4.79 Å². The van der Waals surface area contributed by atoms with Crippen molar-refractivity contribution >= 4 is 16.8 Å². The molecule has 2 aliphatic rings. The minimum atomic E-state index is 0.0722. The topological polar surface area (TPSA) is 63.1 Å². The molecule has 1 aliphatic carbocycles. The third kappa shape index (κ3) is 3.57. The van der Waals surface area contributed by atoms with Crippen LogP contribution in [-0.4, -0.2) is 38.2 Å². The Bertz CT molecular complexity index is 977. The van der Waals surface area contributed by atoms with E-state index >= 15 is 0 Å². The Morgan fingerprint density at radius 1 is 1.15 bits per heavy atom. The summed E-state index contributed by atoms with van der Waals surface area (Å²) in [6.07, 6.45) is 4.54. The minimum absolute atomic E-state index is 0.0722. The Balaban J connectivity index is 1.32. The highest BCUT2D eigenvalue weighted by atomic mass is 16.1. The molecule has 1 fully saturated rings. The summed E-state index contributed by atoms with van der Waals surface area (Å²) in [5, 5.41) is 8.72. The summed E-state index contributed by atoms with van der Waals surface area (Å²) in [5.74, 6) is 0.134. The van der Waals surface area contributed by atoms with Gasteiger partial charge in [-0.1, -0.05) is 24.3 Å². The van der Waals surface area contributed by atoms with Crippen LogP contribution in [0.3, 0.4) is 0 Å². The lowest BCUT2D eigenvalue weighted by atomic mass is 10.1. The van der Waals surface area contributed by atoms with Gasteiger partial charge in [0.15, 0.2) is 0 Å². The molecule has 1 N–H and O–H groups in total. The van der Waals surface area contributed by atoms with Crippen molar-refractivity contribution < 1.29 is 4.79 Å². The Hall–Kier alpha value is -2.73. The smallest absolute Gasteiger partial charge is 0.222 e. The fourth-order valence-corrected chi connectivity index (χ4v) is 3.89. The van der Waals surface area contributed by atoms with Gasteiger partial charge in [-0.05, 0) is 31.0 Å². The van der Waals surface area contributed by atoms with E-state index in [1.54, 1.807) is 0 Å². The first-order chi connectivity index (χ1) is 13.2. The number of para-hydroxylation sites is 1. The largest absolute Gasteiger partial charge is 0.353 e. The van der Waals surface area contributed by atoms with E-state index in [-0.39, 0.29) is 11.9 Å². The van der Waals surface area contributed by atoms with Gasteiger partial charge in [0, 0.05) is 37.3 Å². The highest BCUT2D eigenvalue weighted by Gasteiger charge is 2.30. The van der Waals surface area contributed by atoms with Crippen molar-refractivity contribution in [1.29, 1.82) is 0 Å². The van der Waals surface area contributed by atoms with E-state index < -0.39 is 0 Å². The van der Waals surface area contributed by atoms with Crippen LogP contribution in [0.1, 0.15) is 36.7 Å². The summed E-state index contributed by atoms with van der Waals surface area (Å²) in [4.78, 5) is 19.5. The number of carbonyl (C=O) groups is 1. The summed E-state index contributed by atoms with van der Waals surface area (Å²) in [6.45, 7) is 2.41. The van der Waals surface area contributed by atoms with Crippen LogP contribution >= 0.6 is 0 Å². The Morgan fingerprint density at radius 2 is 2.04 bits per heavy atom. The number of pyridine rings is 1. The monoisotopic (exact) mass is 361 g/mol. The van der Waals surface area contributed by atoms with Crippen LogP contribution in [0.25, 0.3) is 10.9 Å². The highest BCUT2D eigenvalue weighted by molar-refractivity contribution is 5.78. The number of benzene rings is 1. The maximum Gasteiger partial charge on any atom is 0.222 e. The van der Waals surface area contributed by atoms with Gasteiger partial charge in [-0.2, -0.15) is 5.10 Å². The van der Waals surface area contributed by atoms with E-state index in [0.717, 1.165) is 54.8 Å². The Labute approximate surface area is 158 Å². The maximum atomic E-state index is 12.3. The molecule has 0 spiro atoms. The molecule has 3 aromatic rings. The second kappa shape index (κ2) is 6.78. The third-order valence-corrected chi connectivity index (χ3v) is 5.36. The summed E-state index contributed by atoms with van der Waals surface area (Å²) in [6, 6.07) is 14.9. The fraction of sp³-hybridized carbons (Fsp3) is 0.381. The molecule has 138 valence electrons. The molecular weight excluding hydrogens is 338 g/mol. The summed E-state index contributed by atoms with van der Waals surface area (Å²) >= 11 is 0. The molecule has 1 aliphatic heterocycles. The molecule has 0 bridgehead atoms.